The van der Waals surface area contributed by atoms with Crippen LogP contribution in [0.1, 0.15) is 25.5 Å². The number of carbonyl (C=O) groups excluding carboxylic acids is 1. The van der Waals surface area contributed by atoms with E-state index in [1.165, 1.54) is 11.8 Å². The third kappa shape index (κ3) is 4.01. The Hall–Kier alpha value is -1.95. The van der Waals surface area contributed by atoms with Crippen LogP contribution in [0, 0.1) is 6.92 Å². The zero-order valence-corrected chi connectivity index (χ0v) is 13.3. The van der Waals surface area contributed by atoms with E-state index in [0.717, 1.165) is 10.5 Å². The second-order valence-electron chi connectivity index (χ2n) is 5.13. The van der Waals surface area contributed by atoms with Crippen molar-refractivity contribution in [3.05, 3.63) is 36.0 Å². The van der Waals surface area contributed by atoms with Gasteiger partial charge in [-0.1, -0.05) is 6.07 Å². The quantitative estimate of drug-likeness (QED) is 0.657. The number of aromatic nitrogens is 2. The molecular formula is C15H20N4OS. The average Bonchev–Trinajstić information content (AvgIpc) is 2.86. The predicted molar refractivity (Wildman–Crippen MR) is 87.6 cm³/mol. The summed E-state index contributed by atoms with van der Waals surface area (Å²) in [6.45, 7) is 6.03. The molecule has 0 bridgehead atoms. The molecule has 2 rings (SSSR count). The largest absolute Gasteiger partial charge is 0.398 e. The molecular weight excluding hydrogens is 284 g/mol. The van der Waals surface area contributed by atoms with Crippen LogP contribution in [-0.2, 0) is 4.79 Å². The molecule has 1 aromatic carbocycles. The lowest BCUT2D eigenvalue weighted by molar-refractivity contribution is -0.113. The number of nitrogen functional groups attached to an aromatic ring is 1. The van der Waals surface area contributed by atoms with Gasteiger partial charge in [0.05, 0.1) is 11.9 Å². The number of carbonyl (C=O) groups is 1. The first kappa shape index (κ1) is 15.4. The highest BCUT2D eigenvalue weighted by molar-refractivity contribution is 8.00. The van der Waals surface area contributed by atoms with E-state index in [9.17, 15) is 4.79 Å². The molecule has 0 fully saturated rings. The Morgan fingerprint density at radius 3 is 2.86 bits per heavy atom. The van der Waals surface area contributed by atoms with Gasteiger partial charge in [-0.25, -0.2) is 4.68 Å². The molecule has 0 aliphatic heterocycles. The molecule has 2 aromatic rings. The van der Waals surface area contributed by atoms with E-state index in [1.807, 2.05) is 39.0 Å². The highest BCUT2D eigenvalue weighted by Crippen LogP contribution is 2.26. The summed E-state index contributed by atoms with van der Waals surface area (Å²) in [5, 5.41) is 7.06. The Morgan fingerprint density at radius 2 is 2.19 bits per heavy atom. The monoisotopic (exact) mass is 304 g/mol. The van der Waals surface area contributed by atoms with E-state index >= 15 is 0 Å². The van der Waals surface area contributed by atoms with Crippen LogP contribution in [0.4, 0.5) is 11.5 Å². The number of aryl methyl sites for hydroxylation is 1. The third-order valence-corrected chi connectivity index (χ3v) is 4.04. The summed E-state index contributed by atoms with van der Waals surface area (Å²) >= 11 is 1.43. The van der Waals surface area contributed by atoms with E-state index < -0.39 is 0 Å². The molecule has 5 nitrogen and oxygen atoms in total. The van der Waals surface area contributed by atoms with Crippen molar-refractivity contribution in [1.82, 2.24) is 9.78 Å². The summed E-state index contributed by atoms with van der Waals surface area (Å²) in [6.07, 6.45) is 1.68. The maximum absolute atomic E-state index is 12.0. The van der Waals surface area contributed by atoms with Crippen molar-refractivity contribution >= 4 is 29.2 Å². The van der Waals surface area contributed by atoms with Crippen molar-refractivity contribution in [2.24, 2.45) is 0 Å². The average molecular weight is 304 g/mol. The van der Waals surface area contributed by atoms with Gasteiger partial charge >= 0.3 is 0 Å². The van der Waals surface area contributed by atoms with Crippen LogP contribution < -0.4 is 11.1 Å². The summed E-state index contributed by atoms with van der Waals surface area (Å²) in [5.41, 5.74) is 7.76. The number of hydrogen-bond donors (Lipinski definition) is 2. The minimum absolute atomic E-state index is 0.0672. The number of nitrogens with zero attached hydrogens (tertiary/aromatic N) is 2. The molecule has 1 amide bonds. The standard InChI is InChI=1S/C15H20N4OS/c1-10(2)19-14(6-7-17-19)18-15(20)9-21-13-5-4-11(3)8-12(13)16/h4-8,10H,9,16H2,1-3H3,(H,18,20). The van der Waals surface area contributed by atoms with Gasteiger partial charge in [-0.3, -0.25) is 4.79 Å². The minimum atomic E-state index is -0.0672. The molecule has 0 radical (unpaired) electrons. The fourth-order valence-corrected chi connectivity index (χ4v) is 2.69. The van der Waals surface area contributed by atoms with Gasteiger partial charge in [0.2, 0.25) is 5.91 Å². The Labute approximate surface area is 128 Å². The second kappa shape index (κ2) is 6.67. The van der Waals surface area contributed by atoms with Crippen molar-refractivity contribution in [2.45, 2.75) is 31.7 Å². The summed E-state index contributed by atoms with van der Waals surface area (Å²) < 4.78 is 1.78. The highest BCUT2D eigenvalue weighted by Gasteiger charge is 2.10. The number of anilines is 2. The normalized spacial score (nSPS) is 10.9. The first-order valence-corrected chi connectivity index (χ1v) is 7.78. The van der Waals surface area contributed by atoms with Gasteiger partial charge < -0.3 is 11.1 Å². The molecule has 0 saturated heterocycles. The summed E-state index contributed by atoms with van der Waals surface area (Å²) in [5.74, 6) is 0.964. The fourth-order valence-electron chi connectivity index (χ4n) is 1.95. The second-order valence-corrected chi connectivity index (χ2v) is 6.15. The van der Waals surface area contributed by atoms with Gasteiger partial charge in [-0.15, -0.1) is 11.8 Å². The fraction of sp³-hybridized carbons (Fsp3) is 0.333. The van der Waals surface area contributed by atoms with Gasteiger partial charge in [-0.2, -0.15) is 5.10 Å². The molecule has 0 aliphatic rings. The number of nitrogens with two attached hydrogens (primary N) is 1. The van der Waals surface area contributed by atoms with Crippen LogP contribution >= 0.6 is 11.8 Å². The number of thioether (sulfide) groups is 1. The molecule has 1 aromatic heterocycles. The SMILES string of the molecule is Cc1ccc(SCC(=O)Nc2ccnn2C(C)C)c(N)c1. The van der Waals surface area contributed by atoms with E-state index in [0.29, 0.717) is 17.3 Å². The van der Waals surface area contributed by atoms with Crippen molar-refractivity contribution in [3.8, 4) is 0 Å². The van der Waals surface area contributed by atoms with Crippen LogP contribution in [-0.4, -0.2) is 21.4 Å². The van der Waals surface area contributed by atoms with E-state index in [2.05, 4.69) is 10.4 Å². The maximum atomic E-state index is 12.0. The zero-order chi connectivity index (χ0) is 15.4. The van der Waals surface area contributed by atoms with Crippen LogP contribution in [0.15, 0.2) is 35.4 Å². The predicted octanol–water partition coefficient (Wildman–Crippen LogP) is 3.09. The summed E-state index contributed by atoms with van der Waals surface area (Å²) in [6, 6.07) is 7.85. The van der Waals surface area contributed by atoms with E-state index in [1.54, 1.807) is 16.9 Å². The molecule has 3 N–H and O–H groups in total. The minimum Gasteiger partial charge on any atom is -0.398 e. The smallest absolute Gasteiger partial charge is 0.235 e. The zero-order valence-electron chi connectivity index (χ0n) is 12.5. The summed E-state index contributed by atoms with van der Waals surface area (Å²) in [7, 11) is 0. The van der Waals surface area contributed by atoms with Crippen molar-refractivity contribution in [3.63, 3.8) is 0 Å². The van der Waals surface area contributed by atoms with Crippen LogP contribution in [0.2, 0.25) is 0 Å². The Kier molecular flexibility index (Phi) is 4.90. The van der Waals surface area contributed by atoms with Crippen molar-refractivity contribution in [1.29, 1.82) is 0 Å². The lowest BCUT2D eigenvalue weighted by atomic mass is 10.2. The number of hydrogen-bond acceptors (Lipinski definition) is 4. The first-order valence-electron chi connectivity index (χ1n) is 6.79. The lowest BCUT2D eigenvalue weighted by Crippen LogP contribution is -2.18. The van der Waals surface area contributed by atoms with Gasteiger partial charge in [-0.05, 0) is 38.5 Å². The van der Waals surface area contributed by atoms with E-state index in [4.69, 9.17) is 5.73 Å². The maximum Gasteiger partial charge on any atom is 0.235 e. The highest BCUT2D eigenvalue weighted by atomic mass is 32.2. The number of amides is 1. The van der Waals surface area contributed by atoms with Gasteiger partial charge in [0.15, 0.2) is 0 Å². The van der Waals surface area contributed by atoms with Crippen molar-refractivity contribution < 1.29 is 4.79 Å². The molecule has 0 unspecified atom stereocenters. The number of benzene rings is 1. The molecule has 0 spiro atoms. The molecule has 1 heterocycles. The Morgan fingerprint density at radius 1 is 1.43 bits per heavy atom. The Balaban J connectivity index is 1.94. The molecule has 21 heavy (non-hydrogen) atoms. The number of nitrogens with one attached hydrogen (secondary N) is 1. The van der Waals surface area contributed by atoms with E-state index in [-0.39, 0.29) is 11.9 Å². The molecule has 6 heteroatoms. The first-order chi connectivity index (χ1) is 9.97. The number of rotatable bonds is 5. The molecule has 0 aliphatic carbocycles. The van der Waals surface area contributed by atoms with Crippen LogP contribution in [0.3, 0.4) is 0 Å². The van der Waals surface area contributed by atoms with Crippen LogP contribution in [0.5, 0.6) is 0 Å². The van der Waals surface area contributed by atoms with Crippen LogP contribution in [0.25, 0.3) is 0 Å². The Bertz CT molecular complexity index is 636. The van der Waals surface area contributed by atoms with Gasteiger partial charge in [0.1, 0.15) is 5.82 Å². The molecule has 112 valence electrons. The third-order valence-electron chi connectivity index (χ3n) is 2.95. The van der Waals surface area contributed by atoms with Gasteiger partial charge in [0, 0.05) is 22.7 Å². The molecule has 0 saturated carbocycles. The van der Waals surface area contributed by atoms with Gasteiger partial charge in [0.25, 0.3) is 0 Å². The van der Waals surface area contributed by atoms with Crippen molar-refractivity contribution in [2.75, 3.05) is 16.8 Å². The summed E-state index contributed by atoms with van der Waals surface area (Å²) in [4.78, 5) is 12.9. The molecule has 0 atom stereocenters. The topological polar surface area (TPSA) is 72.9 Å². The lowest BCUT2D eigenvalue weighted by Gasteiger charge is -2.12.